The molecule has 5 N–H and O–H groups in total. The molecular weight excluding hydrogens is 835 g/mol. The zero-order valence-electron chi connectivity index (χ0n) is 44.4. The Morgan fingerprint density at radius 1 is 0.696 bits per heavy atom. The van der Waals surface area contributed by atoms with Crippen LogP contribution in [0.2, 0.25) is 0 Å². The number of rotatable bonds is 16. The van der Waals surface area contributed by atoms with Crippen molar-refractivity contribution in [2.75, 3.05) is 0 Å². The molecule has 2 aromatic carbocycles. The van der Waals surface area contributed by atoms with E-state index in [1.807, 2.05) is 102 Å². The van der Waals surface area contributed by atoms with Gasteiger partial charge in [0.1, 0.15) is 0 Å². The summed E-state index contributed by atoms with van der Waals surface area (Å²) in [6.45, 7) is 35.9. The van der Waals surface area contributed by atoms with Crippen LogP contribution in [0, 0.1) is 20.8 Å². The molecule has 0 fully saturated rings. The third-order valence-electron chi connectivity index (χ3n) is 9.71. The Bertz CT molecular complexity index is 2120. The highest BCUT2D eigenvalue weighted by Crippen LogP contribution is 2.25. The number of hydrogen-bond acceptors (Lipinski definition) is 3. The van der Waals surface area contributed by atoms with Crippen LogP contribution >= 0.6 is 0 Å². The highest BCUT2D eigenvalue weighted by Gasteiger charge is 2.06. The number of benzene rings is 2. The first-order valence-corrected chi connectivity index (χ1v) is 24.8. The maximum Gasteiger partial charge on any atom is 0.0409 e. The Labute approximate surface area is 423 Å². The van der Waals surface area contributed by atoms with Crippen molar-refractivity contribution < 1.29 is 0 Å². The number of hydrogen-bond donors (Lipinski definition) is 3. The minimum absolute atomic E-state index is 0.0197. The van der Waals surface area contributed by atoms with Gasteiger partial charge in [0, 0.05) is 17.4 Å². The van der Waals surface area contributed by atoms with Crippen molar-refractivity contribution in [3.05, 3.63) is 283 Å². The van der Waals surface area contributed by atoms with Crippen LogP contribution in [0.25, 0.3) is 5.57 Å². The summed E-state index contributed by atoms with van der Waals surface area (Å²) in [7, 11) is 0. The number of aryl methyl sites for hydroxylation is 3. The van der Waals surface area contributed by atoms with Gasteiger partial charge in [-0.2, -0.15) is 0 Å². The van der Waals surface area contributed by atoms with Crippen LogP contribution in [-0.4, -0.2) is 6.04 Å². The van der Waals surface area contributed by atoms with E-state index in [9.17, 15) is 0 Å². The average molecular weight is 926 g/mol. The van der Waals surface area contributed by atoms with E-state index in [-0.39, 0.29) is 6.04 Å². The molecule has 2 aromatic rings. The van der Waals surface area contributed by atoms with Crippen LogP contribution < -0.4 is 16.8 Å². The second-order valence-electron chi connectivity index (χ2n) is 15.6. The van der Waals surface area contributed by atoms with Gasteiger partial charge in [0.15, 0.2) is 0 Å². The fraction of sp³-hybridized carbons (Fsp3) is 0.273. The summed E-state index contributed by atoms with van der Waals surface area (Å²) in [5.41, 5.74) is 24.4. The number of allylic oxidation sites excluding steroid dienone is 27. The van der Waals surface area contributed by atoms with Crippen LogP contribution in [0.15, 0.2) is 261 Å². The van der Waals surface area contributed by atoms with Crippen molar-refractivity contribution in [2.45, 2.75) is 120 Å². The van der Waals surface area contributed by atoms with E-state index in [0.29, 0.717) is 5.70 Å². The highest BCUT2D eigenvalue weighted by molar-refractivity contribution is 5.68. The van der Waals surface area contributed by atoms with E-state index in [0.717, 1.165) is 42.5 Å². The standard InChI is InChI=1S/C33H43N3.C13H14.C8H10.C6H8.2C2H6.C2H4/c1-6-26-36-33(7-2)32(21-13-8-10-16-27(3)22-23-29(5)35)25-24-31-20-15-14-19-30(31)18-12-9-11-17-28(4)34;1-11-7-9-13(10-8-11)12-5-3-2-4-6-12;1-7-3-5-8(2)6-4-7;1-2-4-6-5-3-1;3*1-2/h6-13,15-17,20,22-26,29,36H,2-4,14,18-19,21,34-35H2,1,5H3;2-3,5,7-10H,4,6H2,1H3;3-6H,1-2H3;1-4H,5-6H2;2*1-2H3;1-2H2/b12-9-,13-8-,16-10-,17-11-,23-22-,25-24-,26-6+,33-32+;;;;;;. The Morgan fingerprint density at radius 3 is 1.75 bits per heavy atom. The molecule has 0 aromatic heterocycles. The fourth-order valence-electron chi connectivity index (χ4n) is 6.08. The van der Waals surface area contributed by atoms with Gasteiger partial charge >= 0.3 is 0 Å². The molecule has 370 valence electrons. The van der Waals surface area contributed by atoms with E-state index >= 15 is 0 Å². The van der Waals surface area contributed by atoms with Crippen LogP contribution in [0.1, 0.15) is 115 Å². The Hall–Kier alpha value is -6.68. The SMILES string of the molecule is C1=CCCC=C1.C=C.C=C/C(N/C=C/C)=C(\C=C/C1=C(C/C=C\C=C/C(=C)N)CCC=C1)C/C=C\C=C/C(=C)/C=C\C(C)N.CC.CC.Cc1ccc(C)cc1.Cc1ccc(C2=CC=CCC2)cc1. The Morgan fingerprint density at radius 2 is 1.25 bits per heavy atom. The first-order chi connectivity index (χ1) is 33.5. The molecule has 0 heterocycles. The normalized spacial score (nSPS) is 14.5. The fourth-order valence-corrected chi connectivity index (χ4v) is 6.08. The van der Waals surface area contributed by atoms with Gasteiger partial charge in [0.05, 0.1) is 0 Å². The molecule has 0 radical (unpaired) electrons. The van der Waals surface area contributed by atoms with E-state index < -0.39 is 0 Å². The molecule has 0 saturated heterocycles. The maximum atomic E-state index is 5.75. The quantitative estimate of drug-likeness (QED) is 0.116. The van der Waals surface area contributed by atoms with Crippen molar-refractivity contribution in [1.29, 1.82) is 0 Å². The Balaban J connectivity index is 0. The lowest BCUT2D eigenvalue weighted by Crippen LogP contribution is -2.10. The van der Waals surface area contributed by atoms with Crippen molar-refractivity contribution in [3.8, 4) is 0 Å². The summed E-state index contributed by atoms with van der Waals surface area (Å²) >= 11 is 0. The highest BCUT2D eigenvalue weighted by atomic mass is 14.8. The predicted molar refractivity (Wildman–Crippen MR) is 316 cm³/mol. The molecule has 1 unspecified atom stereocenters. The minimum Gasteiger partial charge on any atom is -0.399 e. The van der Waals surface area contributed by atoms with E-state index in [4.69, 9.17) is 11.5 Å². The van der Waals surface area contributed by atoms with E-state index in [1.165, 1.54) is 64.7 Å². The lowest BCUT2D eigenvalue weighted by molar-refractivity contribution is 0.912. The molecule has 0 aliphatic heterocycles. The zero-order valence-corrected chi connectivity index (χ0v) is 44.4. The number of nitrogens with one attached hydrogen (secondary N) is 1. The molecule has 5 rings (SSSR count). The predicted octanol–water partition coefficient (Wildman–Crippen LogP) is 18.5. The molecule has 0 spiro atoms. The first-order valence-electron chi connectivity index (χ1n) is 24.8. The molecule has 0 bridgehead atoms. The second kappa shape index (κ2) is 45.1. The van der Waals surface area contributed by atoms with Gasteiger partial charge < -0.3 is 16.8 Å². The summed E-state index contributed by atoms with van der Waals surface area (Å²) in [5.74, 6) is 0. The van der Waals surface area contributed by atoms with Crippen LogP contribution in [-0.2, 0) is 0 Å². The van der Waals surface area contributed by atoms with Crippen molar-refractivity contribution in [3.63, 3.8) is 0 Å². The molecule has 0 amide bonds. The maximum absolute atomic E-state index is 5.75. The lowest BCUT2D eigenvalue weighted by Gasteiger charge is -2.13. The van der Waals surface area contributed by atoms with Crippen LogP contribution in [0.5, 0.6) is 0 Å². The molecule has 69 heavy (non-hydrogen) atoms. The topological polar surface area (TPSA) is 64.1 Å². The van der Waals surface area contributed by atoms with Gasteiger partial charge in [-0.1, -0.05) is 246 Å². The van der Waals surface area contributed by atoms with Crippen molar-refractivity contribution in [1.82, 2.24) is 5.32 Å². The summed E-state index contributed by atoms with van der Waals surface area (Å²) in [4.78, 5) is 0. The monoisotopic (exact) mass is 926 g/mol. The molecule has 1 atom stereocenters. The lowest BCUT2D eigenvalue weighted by atomic mass is 9.93. The van der Waals surface area contributed by atoms with Crippen LogP contribution in [0.3, 0.4) is 0 Å². The van der Waals surface area contributed by atoms with Gasteiger partial charge in [-0.3, -0.25) is 0 Å². The van der Waals surface area contributed by atoms with Crippen LogP contribution in [0.4, 0.5) is 0 Å². The largest absolute Gasteiger partial charge is 0.399 e. The minimum atomic E-state index is 0.0197. The second-order valence-corrected chi connectivity index (χ2v) is 15.6. The van der Waals surface area contributed by atoms with Gasteiger partial charge in [-0.15, -0.1) is 13.2 Å². The van der Waals surface area contributed by atoms with Gasteiger partial charge in [0.25, 0.3) is 0 Å². The van der Waals surface area contributed by atoms with E-state index in [1.54, 1.807) is 6.08 Å². The van der Waals surface area contributed by atoms with E-state index in [2.05, 4.69) is 187 Å². The van der Waals surface area contributed by atoms with Gasteiger partial charge in [-0.25, -0.2) is 0 Å². The van der Waals surface area contributed by atoms with Crippen molar-refractivity contribution >= 4 is 5.57 Å². The third kappa shape index (κ3) is 35.2. The molecular formula is C66H91N3. The summed E-state index contributed by atoms with van der Waals surface area (Å²) in [6, 6.07) is 17.3. The summed E-state index contributed by atoms with van der Waals surface area (Å²) in [5, 5.41) is 3.33. The number of nitrogens with two attached hydrogens (primary N) is 2. The molecule has 3 aliphatic rings. The smallest absolute Gasteiger partial charge is 0.0409 e. The average Bonchev–Trinajstić information content (AvgIpc) is 3.39. The summed E-state index contributed by atoms with van der Waals surface area (Å²) in [6.07, 6.45) is 58.2. The Kier molecular flexibility index (Phi) is 42.1. The third-order valence-corrected chi connectivity index (χ3v) is 9.71. The molecule has 3 aliphatic carbocycles. The van der Waals surface area contributed by atoms with Gasteiger partial charge in [0.2, 0.25) is 0 Å². The van der Waals surface area contributed by atoms with Crippen molar-refractivity contribution in [2.24, 2.45) is 11.5 Å². The molecule has 3 heteroatoms. The molecule has 0 saturated carbocycles. The zero-order chi connectivity index (χ0) is 51.9. The summed E-state index contributed by atoms with van der Waals surface area (Å²) < 4.78 is 0. The van der Waals surface area contributed by atoms with Gasteiger partial charge in [-0.05, 0) is 132 Å². The first kappa shape index (κ1) is 64.4. The molecule has 3 nitrogen and oxygen atoms in total.